The Hall–Kier alpha value is -2.73. The molecule has 5 nitrogen and oxygen atoms in total. The Bertz CT molecular complexity index is 988. The van der Waals surface area contributed by atoms with Gasteiger partial charge in [0.25, 0.3) is 5.91 Å². The summed E-state index contributed by atoms with van der Waals surface area (Å²) in [5.74, 6) is -0.337. The number of amides is 1. The van der Waals surface area contributed by atoms with Crippen LogP contribution in [0.4, 0.5) is 15.8 Å². The first kappa shape index (κ1) is 20.0. The molecule has 1 aliphatic rings. The minimum Gasteiger partial charge on any atom is -0.354 e. The molecule has 0 unspecified atom stereocenters. The zero-order valence-electron chi connectivity index (χ0n) is 15.6. The van der Waals surface area contributed by atoms with Gasteiger partial charge in [-0.3, -0.25) is 4.79 Å². The SMILES string of the molecule is Cc1ccc2c(Nc3ccc(F)cc3)c(C(=O)N3CCCCC3)cnc2n1.Cl. The Morgan fingerprint density at radius 2 is 1.79 bits per heavy atom. The average Bonchev–Trinajstić information content (AvgIpc) is 2.70. The van der Waals surface area contributed by atoms with Gasteiger partial charge < -0.3 is 10.2 Å². The van der Waals surface area contributed by atoms with Crippen LogP contribution in [-0.2, 0) is 0 Å². The lowest BCUT2D eigenvalue weighted by molar-refractivity contribution is 0.0725. The number of carbonyl (C=O) groups excluding carboxylic acids is 1. The molecule has 1 amide bonds. The summed E-state index contributed by atoms with van der Waals surface area (Å²) < 4.78 is 13.3. The van der Waals surface area contributed by atoms with Gasteiger partial charge in [0.15, 0.2) is 5.65 Å². The van der Waals surface area contributed by atoms with Crippen molar-refractivity contribution in [1.29, 1.82) is 0 Å². The van der Waals surface area contributed by atoms with Gasteiger partial charge in [0.05, 0.1) is 11.3 Å². The highest BCUT2D eigenvalue weighted by molar-refractivity contribution is 6.07. The second kappa shape index (κ2) is 8.52. The highest BCUT2D eigenvalue weighted by atomic mass is 35.5. The molecule has 28 heavy (non-hydrogen) atoms. The van der Waals surface area contributed by atoms with E-state index in [1.165, 1.54) is 12.1 Å². The number of carbonyl (C=O) groups is 1. The molecule has 0 saturated carbocycles. The molecule has 3 heterocycles. The number of aryl methyl sites for hydroxylation is 1. The number of piperidine rings is 1. The molecule has 146 valence electrons. The number of nitrogens with zero attached hydrogens (tertiary/aromatic N) is 3. The van der Waals surface area contributed by atoms with Gasteiger partial charge >= 0.3 is 0 Å². The van der Waals surface area contributed by atoms with Gasteiger partial charge in [-0.15, -0.1) is 12.4 Å². The van der Waals surface area contributed by atoms with Crippen LogP contribution in [0.2, 0.25) is 0 Å². The smallest absolute Gasteiger partial charge is 0.257 e. The van der Waals surface area contributed by atoms with Gasteiger partial charge in [-0.2, -0.15) is 0 Å². The van der Waals surface area contributed by atoms with Crippen LogP contribution in [-0.4, -0.2) is 33.9 Å². The van der Waals surface area contributed by atoms with E-state index in [1.54, 1.807) is 18.3 Å². The first-order chi connectivity index (χ1) is 13.1. The van der Waals surface area contributed by atoms with E-state index >= 15 is 0 Å². The van der Waals surface area contributed by atoms with E-state index in [4.69, 9.17) is 0 Å². The molecule has 1 aromatic carbocycles. The molecule has 3 aromatic rings. The number of pyridine rings is 2. The first-order valence-corrected chi connectivity index (χ1v) is 9.20. The largest absolute Gasteiger partial charge is 0.354 e. The molecule has 1 fully saturated rings. The maximum absolute atomic E-state index is 13.3. The van der Waals surface area contributed by atoms with Crippen molar-refractivity contribution in [2.45, 2.75) is 26.2 Å². The van der Waals surface area contributed by atoms with Crippen LogP contribution >= 0.6 is 12.4 Å². The average molecular weight is 401 g/mol. The topological polar surface area (TPSA) is 58.1 Å². The monoisotopic (exact) mass is 400 g/mol. The van der Waals surface area contributed by atoms with E-state index in [0.717, 1.165) is 43.4 Å². The molecular formula is C21H22ClFN4O. The molecule has 0 atom stereocenters. The van der Waals surface area contributed by atoms with Gasteiger partial charge in [-0.05, 0) is 62.6 Å². The number of nitrogens with one attached hydrogen (secondary N) is 1. The summed E-state index contributed by atoms with van der Waals surface area (Å²) in [4.78, 5) is 23.9. The van der Waals surface area contributed by atoms with Crippen molar-refractivity contribution < 1.29 is 9.18 Å². The lowest BCUT2D eigenvalue weighted by Gasteiger charge is -2.27. The lowest BCUT2D eigenvalue weighted by Crippen LogP contribution is -2.36. The molecule has 7 heteroatoms. The molecule has 2 aromatic heterocycles. The fourth-order valence-electron chi connectivity index (χ4n) is 3.41. The van der Waals surface area contributed by atoms with Crippen molar-refractivity contribution in [3.05, 3.63) is 59.7 Å². The van der Waals surface area contributed by atoms with Crippen molar-refractivity contribution >= 4 is 40.7 Å². The minimum atomic E-state index is -0.304. The van der Waals surface area contributed by atoms with Gasteiger partial charge in [0.1, 0.15) is 5.82 Å². The van der Waals surface area contributed by atoms with Crippen LogP contribution in [0, 0.1) is 12.7 Å². The molecule has 0 bridgehead atoms. The molecule has 4 rings (SSSR count). The van der Waals surface area contributed by atoms with Crippen molar-refractivity contribution in [1.82, 2.24) is 14.9 Å². The second-order valence-electron chi connectivity index (χ2n) is 6.86. The fourth-order valence-corrected chi connectivity index (χ4v) is 3.41. The third kappa shape index (κ3) is 4.07. The summed E-state index contributed by atoms with van der Waals surface area (Å²) in [6.45, 7) is 3.43. The van der Waals surface area contributed by atoms with Crippen LogP contribution in [0.25, 0.3) is 11.0 Å². The maximum Gasteiger partial charge on any atom is 0.257 e. The van der Waals surface area contributed by atoms with Gasteiger partial charge in [-0.25, -0.2) is 14.4 Å². The Kier molecular flexibility index (Phi) is 6.09. The zero-order valence-corrected chi connectivity index (χ0v) is 16.4. The highest BCUT2D eigenvalue weighted by Gasteiger charge is 2.23. The normalized spacial score (nSPS) is 13.9. The summed E-state index contributed by atoms with van der Waals surface area (Å²) in [5, 5.41) is 4.06. The van der Waals surface area contributed by atoms with Crippen LogP contribution in [0.1, 0.15) is 35.3 Å². The fraction of sp³-hybridized carbons (Fsp3) is 0.286. The van der Waals surface area contributed by atoms with E-state index in [2.05, 4.69) is 15.3 Å². The van der Waals surface area contributed by atoms with Crippen molar-refractivity contribution in [3.63, 3.8) is 0 Å². The minimum absolute atomic E-state index is 0. The van der Waals surface area contributed by atoms with Gasteiger partial charge in [-0.1, -0.05) is 0 Å². The van der Waals surface area contributed by atoms with E-state index in [-0.39, 0.29) is 24.1 Å². The molecule has 1 N–H and O–H groups in total. The number of fused-ring (bicyclic) bond motifs is 1. The summed E-state index contributed by atoms with van der Waals surface area (Å²) in [6, 6.07) is 9.90. The summed E-state index contributed by atoms with van der Waals surface area (Å²) in [7, 11) is 0. The summed E-state index contributed by atoms with van der Waals surface area (Å²) >= 11 is 0. The number of hydrogen-bond acceptors (Lipinski definition) is 4. The Labute approximate surface area is 169 Å². The zero-order chi connectivity index (χ0) is 18.8. The van der Waals surface area contributed by atoms with Crippen LogP contribution in [0.5, 0.6) is 0 Å². The molecular weight excluding hydrogens is 379 g/mol. The lowest BCUT2D eigenvalue weighted by atomic mass is 10.1. The predicted octanol–water partition coefficient (Wildman–Crippen LogP) is 4.87. The Balaban J connectivity index is 0.00000225. The van der Waals surface area contributed by atoms with Crippen LogP contribution in [0.3, 0.4) is 0 Å². The maximum atomic E-state index is 13.3. The molecule has 1 saturated heterocycles. The van der Waals surface area contributed by atoms with E-state index in [9.17, 15) is 9.18 Å². The van der Waals surface area contributed by atoms with E-state index < -0.39 is 0 Å². The van der Waals surface area contributed by atoms with Crippen LogP contribution in [0.15, 0.2) is 42.6 Å². The molecule has 0 spiro atoms. The number of rotatable bonds is 3. The molecule has 0 aliphatic carbocycles. The van der Waals surface area contributed by atoms with Gasteiger partial charge in [0, 0.05) is 36.1 Å². The second-order valence-corrected chi connectivity index (χ2v) is 6.86. The summed E-state index contributed by atoms with van der Waals surface area (Å²) in [5.41, 5.74) is 3.32. The number of anilines is 2. The van der Waals surface area contributed by atoms with Crippen molar-refractivity contribution in [2.24, 2.45) is 0 Å². The van der Waals surface area contributed by atoms with Crippen molar-refractivity contribution in [3.8, 4) is 0 Å². The van der Waals surface area contributed by atoms with Gasteiger partial charge in [0.2, 0.25) is 0 Å². The molecule has 1 aliphatic heterocycles. The third-order valence-corrected chi connectivity index (χ3v) is 4.86. The van der Waals surface area contributed by atoms with Crippen molar-refractivity contribution in [2.75, 3.05) is 18.4 Å². The summed E-state index contributed by atoms with van der Waals surface area (Å²) in [6.07, 6.45) is 4.80. The quantitative estimate of drug-likeness (QED) is 0.681. The predicted molar refractivity (Wildman–Crippen MR) is 111 cm³/mol. The molecule has 0 radical (unpaired) electrons. The first-order valence-electron chi connectivity index (χ1n) is 9.20. The number of likely N-dealkylation sites (tertiary alicyclic amines) is 1. The standard InChI is InChI=1S/C21H21FN4O.ClH/c1-14-5-10-17-19(25-16-8-6-15(22)7-9-16)18(13-23-20(17)24-14)21(27)26-11-3-2-4-12-26;/h5-10,13H,2-4,11-12H2,1H3,(H,23,24,25);1H. The number of aromatic nitrogens is 2. The van der Waals surface area contributed by atoms with Crippen LogP contribution < -0.4 is 5.32 Å². The Morgan fingerprint density at radius 3 is 2.50 bits per heavy atom. The number of hydrogen-bond donors (Lipinski definition) is 1. The highest BCUT2D eigenvalue weighted by Crippen LogP contribution is 2.30. The third-order valence-electron chi connectivity index (χ3n) is 4.86. The van der Waals surface area contributed by atoms with E-state index in [0.29, 0.717) is 22.6 Å². The van der Waals surface area contributed by atoms with E-state index in [1.807, 2.05) is 24.0 Å². The number of halogens is 2. The Morgan fingerprint density at radius 1 is 1.07 bits per heavy atom. The number of benzene rings is 1.